The molecule has 0 unspecified atom stereocenters. The van der Waals surface area contributed by atoms with E-state index in [-0.39, 0.29) is 5.78 Å². The fourth-order valence-corrected chi connectivity index (χ4v) is 3.78. The molecule has 3 aromatic rings. The lowest BCUT2D eigenvalue weighted by Crippen LogP contribution is -2.02. The van der Waals surface area contributed by atoms with Crippen molar-refractivity contribution in [3.63, 3.8) is 0 Å². The van der Waals surface area contributed by atoms with Gasteiger partial charge in [0.05, 0.1) is 15.0 Å². The normalized spacial score (nSPS) is 10.7. The van der Waals surface area contributed by atoms with Crippen LogP contribution in [0.2, 0.25) is 4.34 Å². The van der Waals surface area contributed by atoms with Gasteiger partial charge in [0.25, 0.3) is 0 Å². The van der Waals surface area contributed by atoms with Crippen LogP contribution in [0.4, 0.5) is 0 Å². The van der Waals surface area contributed by atoms with Crippen LogP contribution in [0.1, 0.15) is 9.67 Å². The number of benzene rings is 1. The van der Waals surface area contributed by atoms with Crippen molar-refractivity contribution in [2.75, 3.05) is 5.75 Å². The molecule has 0 atom stereocenters. The van der Waals surface area contributed by atoms with Gasteiger partial charge in [-0.25, -0.2) is 4.98 Å². The van der Waals surface area contributed by atoms with Crippen molar-refractivity contribution >= 4 is 40.5 Å². The van der Waals surface area contributed by atoms with Crippen LogP contribution in [-0.2, 0) is 0 Å². The maximum Gasteiger partial charge on any atom is 0.183 e. The summed E-state index contributed by atoms with van der Waals surface area (Å²) in [6, 6.07) is 13.4. The second-order valence-electron chi connectivity index (χ2n) is 4.23. The van der Waals surface area contributed by atoms with Crippen molar-refractivity contribution in [3.05, 3.63) is 64.1 Å². The molecule has 0 N–H and O–H groups in total. The number of thioether (sulfide) groups is 1. The molecule has 0 fully saturated rings. The van der Waals surface area contributed by atoms with Crippen LogP contribution >= 0.6 is 34.7 Å². The molecule has 3 rings (SSSR count). The Morgan fingerprint density at radius 1 is 1.24 bits per heavy atom. The van der Waals surface area contributed by atoms with Gasteiger partial charge in [0, 0.05) is 18.1 Å². The molecule has 0 amide bonds. The fourth-order valence-electron chi connectivity index (χ4n) is 1.85. The molecule has 0 aliphatic heterocycles. The van der Waals surface area contributed by atoms with Gasteiger partial charge in [0.2, 0.25) is 0 Å². The van der Waals surface area contributed by atoms with E-state index in [1.165, 1.54) is 23.1 Å². The maximum absolute atomic E-state index is 12.1. The third-order valence-electron chi connectivity index (χ3n) is 2.82. The minimum absolute atomic E-state index is 0.0690. The van der Waals surface area contributed by atoms with Crippen molar-refractivity contribution in [1.82, 2.24) is 9.55 Å². The van der Waals surface area contributed by atoms with E-state index in [1.54, 1.807) is 18.3 Å². The van der Waals surface area contributed by atoms with Gasteiger partial charge in [-0.1, -0.05) is 41.6 Å². The van der Waals surface area contributed by atoms with Gasteiger partial charge >= 0.3 is 0 Å². The van der Waals surface area contributed by atoms with Crippen molar-refractivity contribution in [3.8, 4) is 5.69 Å². The summed E-state index contributed by atoms with van der Waals surface area (Å²) in [6.07, 6.45) is 3.63. The summed E-state index contributed by atoms with van der Waals surface area (Å²) in [5.41, 5.74) is 1.03. The predicted octanol–water partition coefficient (Wildman–Crippen LogP) is 4.56. The number of halogens is 1. The summed E-state index contributed by atoms with van der Waals surface area (Å²) < 4.78 is 2.61. The van der Waals surface area contributed by atoms with Gasteiger partial charge in [-0.05, 0) is 24.3 Å². The minimum atomic E-state index is 0.0690. The number of hydrogen-bond acceptors (Lipinski definition) is 4. The third-order valence-corrected chi connectivity index (χ3v) is 5.06. The lowest BCUT2D eigenvalue weighted by atomic mass is 10.3. The van der Waals surface area contributed by atoms with E-state index >= 15 is 0 Å². The Kier molecular flexibility index (Phi) is 4.43. The molecule has 0 saturated heterocycles. The number of rotatable bonds is 5. The summed E-state index contributed by atoms with van der Waals surface area (Å²) in [5.74, 6) is 0.417. The zero-order chi connectivity index (χ0) is 14.7. The molecule has 21 heavy (non-hydrogen) atoms. The number of nitrogens with zero attached hydrogens (tertiary/aromatic N) is 2. The smallest absolute Gasteiger partial charge is 0.183 e. The highest BCUT2D eigenvalue weighted by atomic mass is 35.5. The van der Waals surface area contributed by atoms with E-state index in [2.05, 4.69) is 4.98 Å². The van der Waals surface area contributed by atoms with Gasteiger partial charge in [-0.2, -0.15) is 0 Å². The highest BCUT2D eigenvalue weighted by molar-refractivity contribution is 7.99. The summed E-state index contributed by atoms with van der Waals surface area (Å²) >= 11 is 8.59. The summed E-state index contributed by atoms with van der Waals surface area (Å²) in [6.45, 7) is 0. The zero-order valence-corrected chi connectivity index (χ0v) is 13.3. The van der Waals surface area contributed by atoms with E-state index < -0.39 is 0 Å². The Balaban J connectivity index is 1.72. The number of carbonyl (C=O) groups excluding carboxylic acids is 1. The predicted molar refractivity (Wildman–Crippen MR) is 87.9 cm³/mol. The number of ketones is 1. The number of para-hydroxylation sites is 1. The molecule has 1 aromatic carbocycles. The van der Waals surface area contributed by atoms with Crippen molar-refractivity contribution < 1.29 is 4.79 Å². The van der Waals surface area contributed by atoms with Gasteiger partial charge in [-0.3, -0.25) is 9.36 Å². The Labute approximate surface area is 135 Å². The van der Waals surface area contributed by atoms with Crippen LogP contribution in [0.5, 0.6) is 0 Å². The minimum Gasteiger partial charge on any atom is -0.295 e. The van der Waals surface area contributed by atoms with Gasteiger partial charge in [0.1, 0.15) is 0 Å². The van der Waals surface area contributed by atoms with Gasteiger partial charge < -0.3 is 0 Å². The summed E-state index contributed by atoms with van der Waals surface area (Å²) in [7, 11) is 0. The second-order valence-corrected chi connectivity index (χ2v) is 6.89. The lowest BCUT2D eigenvalue weighted by molar-refractivity contribution is 0.102. The van der Waals surface area contributed by atoms with Gasteiger partial charge in [0.15, 0.2) is 10.9 Å². The number of carbonyl (C=O) groups is 1. The monoisotopic (exact) mass is 334 g/mol. The number of aromatic nitrogens is 2. The molecule has 0 aliphatic rings. The molecule has 6 heteroatoms. The molecule has 3 nitrogen and oxygen atoms in total. The number of Topliss-reactive ketones (excluding diaryl/α,β-unsaturated/α-hetero) is 1. The molecule has 0 radical (unpaired) electrons. The van der Waals surface area contributed by atoms with Crippen molar-refractivity contribution in [2.24, 2.45) is 0 Å². The third kappa shape index (κ3) is 3.37. The SMILES string of the molecule is O=C(CSc1nccn1-c1ccccc1)c1ccc(Cl)s1. The zero-order valence-electron chi connectivity index (χ0n) is 10.9. The molecule has 0 bridgehead atoms. The largest absolute Gasteiger partial charge is 0.295 e. The molecule has 2 aromatic heterocycles. The average molecular weight is 335 g/mol. The van der Waals surface area contributed by atoms with Gasteiger partial charge in [-0.15, -0.1) is 11.3 Å². The first-order valence-electron chi connectivity index (χ1n) is 6.24. The molecule has 106 valence electrons. The van der Waals surface area contributed by atoms with E-state index in [9.17, 15) is 4.79 Å². The topological polar surface area (TPSA) is 34.9 Å². The molecular formula is C15H11ClN2OS2. The van der Waals surface area contributed by atoms with E-state index in [0.717, 1.165) is 10.8 Å². The number of hydrogen-bond donors (Lipinski definition) is 0. The number of thiophene rings is 1. The first kappa shape index (κ1) is 14.4. The van der Waals surface area contributed by atoms with Crippen LogP contribution in [0, 0.1) is 0 Å². The quantitative estimate of drug-likeness (QED) is 0.506. The maximum atomic E-state index is 12.1. The van der Waals surface area contributed by atoms with Crippen LogP contribution < -0.4 is 0 Å². The Hall–Kier alpha value is -1.56. The number of imidazole rings is 1. The van der Waals surface area contributed by atoms with Crippen LogP contribution in [-0.4, -0.2) is 21.1 Å². The Morgan fingerprint density at radius 3 is 2.76 bits per heavy atom. The lowest BCUT2D eigenvalue weighted by Gasteiger charge is -2.06. The van der Waals surface area contributed by atoms with Crippen molar-refractivity contribution in [2.45, 2.75) is 5.16 Å². The van der Waals surface area contributed by atoms with Crippen molar-refractivity contribution in [1.29, 1.82) is 0 Å². The summed E-state index contributed by atoms with van der Waals surface area (Å²) in [4.78, 5) is 17.1. The fraction of sp³-hybridized carbons (Fsp3) is 0.0667. The average Bonchev–Trinajstić information content (AvgIpc) is 3.14. The second kappa shape index (κ2) is 6.47. The Morgan fingerprint density at radius 2 is 2.05 bits per heavy atom. The molecule has 2 heterocycles. The Bertz CT molecular complexity index is 752. The highest BCUT2D eigenvalue weighted by Gasteiger charge is 2.12. The first-order valence-corrected chi connectivity index (χ1v) is 8.42. The van der Waals surface area contributed by atoms with Crippen LogP contribution in [0.15, 0.2) is 60.0 Å². The van der Waals surface area contributed by atoms with E-state index in [0.29, 0.717) is 15.0 Å². The van der Waals surface area contributed by atoms with Crippen LogP contribution in [0.25, 0.3) is 5.69 Å². The standard InChI is InChI=1S/C15H11ClN2OS2/c16-14-7-6-13(21-14)12(19)10-20-15-17-8-9-18(15)11-4-2-1-3-5-11/h1-9H,10H2. The molecule has 0 spiro atoms. The molecule has 0 aliphatic carbocycles. The molecular weight excluding hydrogens is 324 g/mol. The molecule has 0 saturated carbocycles. The van der Waals surface area contributed by atoms with E-state index in [1.807, 2.05) is 41.1 Å². The highest BCUT2D eigenvalue weighted by Crippen LogP contribution is 2.25. The summed E-state index contributed by atoms with van der Waals surface area (Å²) in [5, 5.41) is 0.803. The first-order chi connectivity index (χ1) is 10.2. The van der Waals surface area contributed by atoms with Crippen LogP contribution in [0.3, 0.4) is 0 Å². The van der Waals surface area contributed by atoms with E-state index in [4.69, 9.17) is 11.6 Å².